The molecule has 1 rings (SSSR count). The fraction of sp³-hybridized carbons (Fsp3) is 0.286. The van der Waals surface area contributed by atoms with Crippen molar-refractivity contribution in [3.63, 3.8) is 0 Å². The molecule has 0 fully saturated rings. The van der Waals surface area contributed by atoms with Crippen LogP contribution in [0.3, 0.4) is 0 Å². The maximum absolute atomic E-state index is 11.8. The molecule has 0 aliphatic rings. The zero-order valence-corrected chi connectivity index (χ0v) is 6.26. The molecule has 13 heavy (non-hydrogen) atoms. The molecule has 0 saturated heterocycles. The van der Waals surface area contributed by atoms with Gasteiger partial charge < -0.3 is 9.52 Å². The van der Waals surface area contributed by atoms with Gasteiger partial charge in [-0.25, -0.2) is 4.79 Å². The summed E-state index contributed by atoms with van der Waals surface area (Å²) in [6, 6.07) is 0.989. The molecule has 1 aromatic heterocycles. The van der Waals surface area contributed by atoms with Crippen molar-refractivity contribution >= 4 is 5.97 Å². The molecule has 0 unspecified atom stereocenters. The molecule has 1 N–H and O–H groups in total. The van der Waals surface area contributed by atoms with E-state index in [4.69, 9.17) is 5.11 Å². The first kappa shape index (κ1) is 9.63. The Hall–Kier alpha value is -1.46. The van der Waals surface area contributed by atoms with Gasteiger partial charge in [-0.3, -0.25) is 0 Å². The highest BCUT2D eigenvalue weighted by Crippen LogP contribution is 2.23. The number of carboxylic acid groups (broad SMARTS) is 1. The number of aromatic carboxylic acids is 1. The molecule has 0 spiro atoms. The molecule has 1 aromatic rings. The van der Waals surface area contributed by atoms with Gasteiger partial charge in [-0.2, -0.15) is 13.2 Å². The van der Waals surface area contributed by atoms with Gasteiger partial charge in [0, 0.05) is 0 Å². The van der Waals surface area contributed by atoms with Gasteiger partial charge in [0.05, 0.1) is 6.26 Å². The van der Waals surface area contributed by atoms with Crippen LogP contribution in [0.1, 0.15) is 16.1 Å². The van der Waals surface area contributed by atoms with Crippen molar-refractivity contribution in [1.82, 2.24) is 0 Å². The van der Waals surface area contributed by atoms with Crippen molar-refractivity contribution in [2.24, 2.45) is 0 Å². The molecule has 0 radical (unpaired) electrons. The third-order valence-electron chi connectivity index (χ3n) is 1.34. The summed E-state index contributed by atoms with van der Waals surface area (Å²) < 4.78 is 39.8. The number of furan rings is 1. The Bertz CT molecular complexity index is 313. The predicted octanol–water partition coefficient (Wildman–Crippen LogP) is 2.08. The Morgan fingerprint density at radius 2 is 2.15 bits per heavy atom. The predicted molar refractivity (Wildman–Crippen MR) is 35.4 cm³/mol. The molecule has 6 heteroatoms. The molecule has 0 bridgehead atoms. The summed E-state index contributed by atoms with van der Waals surface area (Å²) in [4.78, 5) is 10.3. The molecule has 3 nitrogen and oxygen atoms in total. The van der Waals surface area contributed by atoms with Gasteiger partial charge in [0.25, 0.3) is 0 Å². The zero-order chi connectivity index (χ0) is 10.1. The van der Waals surface area contributed by atoms with Crippen LogP contribution in [0.4, 0.5) is 13.2 Å². The lowest BCUT2D eigenvalue weighted by atomic mass is 10.2. The van der Waals surface area contributed by atoms with Crippen molar-refractivity contribution < 1.29 is 27.5 Å². The van der Waals surface area contributed by atoms with E-state index >= 15 is 0 Å². The Labute approximate surface area is 70.8 Å². The molecule has 1 heterocycles. The number of rotatable bonds is 2. The molecular weight excluding hydrogens is 189 g/mol. The van der Waals surface area contributed by atoms with E-state index in [1.54, 1.807) is 0 Å². The fourth-order valence-corrected chi connectivity index (χ4v) is 0.850. The highest BCUT2D eigenvalue weighted by Gasteiger charge is 2.31. The number of hydrogen-bond donors (Lipinski definition) is 1. The van der Waals surface area contributed by atoms with Crippen molar-refractivity contribution in [2.45, 2.75) is 12.6 Å². The average molecular weight is 194 g/mol. The Kier molecular flexibility index (Phi) is 2.31. The highest BCUT2D eigenvalue weighted by atomic mass is 19.4. The highest BCUT2D eigenvalue weighted by molar-refractivity contribution is 5.88. The van der Waals surface area contributed by atoms with Gasteiger partial charge in [-0.15, -0.1) is 0 Å². The molecule has 0 saturated carbocycles. The van der Waals surface area contributed by atoms with Crippen molar-refractivity contribution in [3.8, 4) is 0 Å². The van der Waals surface area contributed by atoms with E-state index in [0.29, 0.717) is 0 Å². The number of alkyl halides is 3. The maximum atomic E-state index is 11.8. The summed E-state index contributed by atoms with van der Waals surface area (Å²) in [5.41, 5.74) is -0.447. The zero-order valence-electron chi connectivity index (χ0n) is 6.26. The quantitative estimate of drug-likeness (QED) is 0.784. The number of hydrogen-bond acceptors (Lipinski definition) is 2. The lowest BCUT2D eigenvalue weighted by Crippen LogP contribution is -2.13. The molecule has 0 aliphatic carbocycles. The summed E-state index contributed by atoms with van der Waals surface area (Å²) in [5.74, 6) is -1.99. The lowest BCUT2D eigenvalue weighted by Gasteiger charge is -2.03. The Morgan fingerprint density at radius 1 is 1.54 bits per heavy atom. The minimum Gasteiger partial charge on any atom is -0.478 e. The summed E-state index contributed by atoms with van der Waals surface area (Å²) >= 11 is 0. The smallest absolute Gasteiger partial charge is 0.396 e. The summed E-state index contributed by atoms with van der Waals surface area (Å²) in [7, 11) is 0. The molecule has 0 atom stereocenters. The lowest BCUT2D eigenvalue weighted by molar-refractivity contribution is -0.130. The molecule has 72 valence electrons. The Morgan fingerprint density at radius 3 is 2.62 bits per heavy atom. The van der Waals surface area contributed by atoms with Crippen LogP contribution in [0, 0.1) is 0 Å². The maximum Gasteiger partial charge on any atom is 0.396 e. The third kappa shape index (κ3) is 2.50. The van der Waals surface area contributed by atoms with Crippen molar-refractivity contribution in [2.75, 3.05) is 0 Å². The van der Waals surface area contributed by atoms with Crippen molar-refractivity contribution in [3.05, 3.63) is 23.7 Å². The van der Waals surface area contributed by atoms with Crippen molar-refractivity contribution in [1.29, 1.82) is 0 Å². The standard InChI is InChI=1S/C7H5F3O3/c8-7(9,10)3-5-4(6(11)12)1-2-13-5/h1-2H,3H2,(H,11,12). The van der Waals surface area contributed by atoms with E-state index < -0.39 is 29.9 Å². The van der Waals surface area contributed by atoms with Crippen LogP contribution >= 0.6 is 0 Å². The van der Waals surface area contributed by atoms with Crippen LogP contribution in [0.5, 0.6) is 0 Å². The number of carbonyl (C=O) groups is 1. The molecule has 0 amide bonds. The van der Waals surface area contributed by atoms with E-state index in [9.17, 15) is 18.0 Å². The fourth-order valence-electron chi connectivity index (χ4n) is 0.850. The Balaban J connectivity index is 2.89. The minimum atomic E-state index is -4.46. The summed E-state index contributed by atoms with van der Waals surface area (Å²) in [6.07, 6.45) is -4.89. The normalized spacial score (nSPS) is 11.6. The van der Waals surface area contributed by atoms with Crippen LogP contribution < -0.4 is 0 Å². The molecule has 0 aliphatic heterocycles. The largest absolute Gasteiger partial charge is 0.478 e. The SMILES string of the molecule is O=C(O)c1ccoc1CC(F)(F)F. The van der Waals surface area contributed by atoms with Crippen LogP contribution in [0.2, 0.25) is 0 Å². The van der Waals surface area contributed by atoms with Crippen LogP contribution in [-0.2, 0) is 6.42 Å². The van der Waals surface area contributed by atoms with E-state index in [0.717, 1.165) is 12.3 Å². The monoisotopic (exact) mass is 194 g/mol. The molecular formula is C7H5F3O3. The summed E-state index contributed by atoms with van der Waals surface area (Å²) in [5, 5.41) is 8.42. The van der Waals surface area contributed by atoms with E-state index in [1.165, 1.54) is 0 Å². The molecule has 0 aromatic carbocycles. The van der Waals surface area contributed by atoms with Gasteiger partial charge in [0.2, 0.25) is 0 Å². The van der Waals surface area contributed by atoms with Gasteiger partial charge >= 0.3 is 12.1 Å². The topological polar surface area (TPSA) is 50.4 Å². The van der Waals surface area contributed by atoms with Crippen LogP contribution in [0.25, 0.3) is 0 Å². The van der Waals surface area contributed by atoms with Crippen LogP contribution in [-0.4, -0.2) is 17.3 Å². The second kappa shape index (κ2) is 3.12. The first-order valence-electron chi connectivity index (χ1n) is 3.26. The van der Waals surface area contributed by atoms with Gasteiger partial charge in [-0.05, 0) is 6.07 Å². The first-order chi connectivity index (χ1) is 5.90. The van der Waals surface area contributed by atoms with E-state index in [-0.39, 0.29) is 0 Å². The van der Waals surface area contributed by atoms with E-state index in [2.05, 4.69) is 4.42 Å². The third-order valence-corrected chi connectivity index (χ3v) is 1.34. The minimum absolute atomic E-state index is 0.447. The van der Waals surface area contributed by atoms with E-state index in [1.807, 2.05) is 0 Å². The second-order valence-electron chi connectivity index (χ2n) is 2.35. The van der Waals surface area contributed by atoms with Gasteiger partial charge in [0.15, 0.2) is 0 Å². The number of carboxylic acids is 1. The van der Waals surface area contributed by atoms with Gasteiger partial charge in [-0.1, -0.05) is 0 Å². The summed E-state index contributed by atoms with van der Waals surface area (Å²) in [6.45, 7) is 0. The second-order valence-corrected chi connectivity index (χ2v) is 2.35. The van der Waals surface area contributed by atoms with Gasteiger partial charge in [0.1, 0.15) is 17.7 Å². The average Bonchev–Trinajstić information content (AvgIpc) is 2.31. The first-order valence-corrected chi connectivity index (χ1v) is 3.26. The van der Waals surface area contributed by atoms with Crippen LogP contribution in [0.15, 0.2) is 16.7 Å². The number of halogens is 3.